The van der Waals surface area contributed by atoms with E-state index in [1.54, 1.807) is 0 Å². The SMILES string of the molecule is CC(C)(C)C12c3[c-][n+](ccc3)C3(C(C)(C)C)c4cccc(c4)C(C(C)(C)C)(c4cccc1c4)c1cccc(n1)C(C(C)(C)C)(c1cccc3c1)c1cccc2n1. The van der Waals surface area contributed by atoms with E-state index in [1.807, 2.05) is 0 Å². The lowest BCUT2D eigenvalue weighted by molar-refractivity contribution is -0.762. The third-order valence-corrected chi connectivity index (χ3v) is 14.2. The lowest BCUT2D eigenvalue weighted by atomic mass is 9.52. The van der Waals surface area contributed by atoms with Gasteiger partial charge in [0.15, 0.2) is 0 Å². The summed E-state index contributed by atoms with van der Waals surface area (Å²) in [5.41, 5.74) is 8.40. The third kappa shape index (κ3) is 4.27. The molecule has 3 aromatic heterocycles. The smallest absolute Gasteiger partial charge is 0.201 e. The second kappa shape index (κ2) is 11.4. The van der Waals surface area contributed by atoms with Crippen LogP contribution in [0.1, 0.15) is 145 Å². The second-order valence-corrected chi connectivity index (χ2v) is 20.9. The Labute approximate surface area is 335 Å². The maximum absolute atomic E-state index is 6.03. The number of hydrogen-bond donors (Lipinski definition) is 0. The summed E-state index contributed by atoms with van der Waals surface area (Å²) < 4.78 is 2.44. The minimum Gasteiger partial charge on any atom is -0.297 e. The average molecular weight is 736 g/mol. The van der Waals surface area contributed by atoms with E-state index in [0.717, 1.165) is 28.3 Å². The molecule has 0 saturated heterocycles. The van der Waals surface area contributed by atoms with Gasteiger partial charge in [-0.1, -0.05) is 161 Å². The number of rotatable bonds is 0. The van der Waals surface area contributed by atoms with Crippen LogP contribution in [-0.2, 0) is 21.8 Å². The van der Waals surface area contributed by atoms with E-state index in [0.29, 0.717) is 0 Å². The van der Waals surface area contributed by atoms with Crippen LogP contribution in [0, 0.1) is 27.9 Å². The summed E-state index contributed by atoms with van der Waals surface area (Å²) in [6.07, 6.45) is 6.48. The summed E-state index contributed by atoms with van der Waals surface area (Å²) in [5.74, 6) is 0. The first-order chi connectivity index (χ1) is 26.3. The monoisotopic (exact) mass is 735 g/mol. The third-order valence-electron chi connectivity index (χ3n) is 14.2. The maximum Gasteiger partial charge on any atom is 0.201 e. The van der Waals surface area contributed by atoms with Gasteiger partial charge in [-0.05, 0) is 74.9 Å². The van der Waals surface area contributed by atoms with Crippen LogP contribution in [0.25, 0.3) is 0 Å². The Bertz CT molecular complexity index is 1980. The number of nitrogens with zero attached hydrogens (tertiary/aromatic N) is 3. The van der Waals surface area contributed by atoms with E-state index in [2.05, 4.69) is 221 Å². The Hall–Kier alpha value is -4.89. The van der Waals surface area contributed by atoms with E-state index in [4.69, 9.17) is 9.97 Å². The van der Waals surface area contributed by atoms with Gasteiger partial charge in [0.05, 0.1) is 45.2 Å². The van der Waals surface area contributed by atoms with E-state index in [-0.39, 0.29) is 21.7 Å². The Morgan fingerprint density at radius 3 is 1.20 bits per heavy atom. The highest BCUT2D eigenvalue weighted by atomic mass is 15.1. The zero-order valence-electron chi connectivity index (χ0n) is 35.5. The van der Waals surface area contributed by atoms with Gasteiger partial charge < -0.3 is 0 Å². The molecule has 4 atom stereocenters. The molecule has 4 unspecified atom stereocenters. The van der Waals surface area contributed by atoms with Crippen LogP contribution in [0.15, 0.2) is 128 Å². The first kappa shape index (κ1) is 36.7. The van der Waals surface area contributed by atoms with Gasteiger partial charge in [0.1, 0.15) is 6.20 Å². The summed E-state index contributed by atoms with van der Waals surface area (Å²) in [7, 11) is 0. The van der Waals surface area contributed by atoms with Crippen molar-refractivity contribution >= 4 is 0 Å². The first-order valence-corrected chi connectivity index (χ1v) is 20.5. The molecule has 0 fully saturated rings. The zero-order valence-corrected chi connectivity index (χ0v) is 35.5. The molecule has 0 radical (unpaired) electrons. The van der Waals surface area contributed by atoms with Gasteiger partial charge in [0.2, 0.25) is 5.54 Å². The lowest BCUT2D eigenvalue weighted by Crippen LogP contribution is -2.65. The van der Waals surface area contributed by atoms with Crippen molar-refractivity contribution in [1.82, 2.24) is 9.97 Å². The maximum atomic E-state index is 6.03. The molecule has 0 spiro atoms. The van der Waals surface area contributed by atoms with Crippen molar-refractivity contribution < 1.29 is 4.57 Å². The Morgan fingerprint density at radius 1 is 0.393 bits per heavy atom. The van der Waals surface area contributed by atoms with Gasteiger partial charge in [-0.25, -0.2) is 0 Å². The summed E-state index contributed by atoms with van der Waals surface area (Å²) in [4.78, 5) is 12.0. The molecule has 3 heteroatoms. The summed E-state index contributed by atoms with van der Waals surface area (Å²) >= 11 is 0. The van der Waals surface area contributed by atoms with Crippen molar-refractivity contribution in [3.05, 3.63) is 195 Å². The minimum absolute atomic E-state index is 0.318. The Morgan fingerprint density at radius 2 is 0.750 bits per heavy atom. The Kier molecular flexibility index (Phi) is 7.46. The van der Waals surface area contributed by atoms with Crippen molar-refractivity contribution in [1.29, 1.82) is 0 Å². The fourth-order valence-electron chi connectivity index (χ4n) is 12.2. The normalized spacial score (nSPS) is 25.1. The van der Waals surface area contributed by atoms with Crippen molar-refractivity contribution in [2.75, 3.05) is 0 Å². The largest absolute Gasteiger partial charge is 0.297 e. The van der Waals surface area contributed by atoms with Crippen LogP contribution in [0.5, 0.6) is 0 Å². The molecule has 10 rings (SSSR count). The molecule has 3 nitrogen and oxygen atoms in total. The molecule has 0 N–H and O–H groups in total. The highest BCUT2D eigenvalue weighted by Crippen LogP contribution is 2.60. The van der Waals surface area contributed by atoms with Gasteiger partial charge in [-0.2, -0.15) is 6.07 Å². The molecule has 16 bridgehead atoms. The van der Waals surface area contributed by atoms with Crippen LogP contribution < -0.4 is 4.57 Å². The number of benzene rings is 3. The van der Waals surface area contributed by atoms with Crippen molar-refractivity contribution in [2.45, 2.75) is 105 Å². The molecule has 6 aromatic rings. The van der Waals surface area contributed by atoms with Crippen LogP contribution in [0.4, 0.5) is 0 Å². The van der Waals surface area contributed by atoms with Crippen LogP contribution >= 0.6 is 0 Å². The van der Waals surface area contributed by atoms with Crippen molar-refractivity contribution in [2.24, 2.45) is 21.7 Å². The average Bonchev–Trinajstić information content (AvgIpc) is 3.11. The van der Waals surface area contributed by atoms with Gasteiger partial charge in [0.25, 0.3) is 0 Å². The second-order valence-electron chi connectivity index (χ2n) is 20.9. The summed E-state index contributed by atoms with van der Waals surface area (Å²) in [5, 5.41) is 0. The van der Waals surface area contributed by atoms with Crippen LogP contribution in [0.3, 0.4) is 0 Å². The fourth-order valence-corrected chi connectivity index (χ4v) is 12.2. The molecular weight excluding hydrogens is 679 g/mol. The number of aromatic nitrogens is 3. The van der Waals surface area contributed by atoms with Gasteiger partial charge in [-0.3, -0.25) is 14.5 Å². The number of pyridine rings is 3. The quantitative estimate of drug-likeness (QED) is 0.115. The molecule has 284 valence electrons. The number of hydrogen-bond acceptors (Lipinski definition) is 2. The van der Waals surface area contributed by atoms with E-state index < -0.39 is 21.8 Å². The summed E-state index contributed by atoms with van der Waals surface area (Å²) in [6.45, 7) is 28.8. The predicted molar refractivity (Wildman–Crippen MR) is 227 cm³/mol. The van der Waals surface area contributed by atoms with Gasteiger partial charge in [-0.15, -0.1) is 6.07 Å². The standard InChI is InChI=1S/C53H57N3/c1-46(2,3)50-35-19-13-20-36(31-35)51(47(4,5)6)41-25-18-30-56(34-41)53(49(10,11)12,39-23-14-21-37(50)32-39)40-24-15-22-38(33-40)52(48(7,8)9,44-28-16-26-42(50)54-44)45-29-17-27-43(51)55-45/h13-33H,1-12H3. The zero-order chi connectivity index (χ0) is 39.9. The lowest BCUT2D eigenvalue weighted by Gasteiger charge is -2.53. The van der Waals surface area contributed by atoms with Crippen LogP contribution in [-0.4, -0.2) is 9.97 Å². The molecule has 7 heterocycles. The highest BCUT2D eigenvalue weighted by molar-refractivity contribution is 5.61. The molecule has 0 aliphatic carbocycles. The van der Waals surface area contributed by atoms with E-state index in [1.165, 1.54) is 33.4 Å². The van der Waals surface area contributed by atoms with Crippen molar-refractivity contribution in [3.8, 4) is 0 Å². The molecule has 4 aliphatic heterocycles. The fraction of sp³-hybridized carbons (Fsp3) is 0.377. The van der Waals surface area contributed by atoms with E-state index in [9.17, 15) is 0 Å². The molecule has 0 saturated carbocycles. The van der Waals surface area contributed by atoms with Gasteiger partial charge >= 0.3 is 0 Å². The highest BCUT2D eigenvalue weighted by Gasteiger charge is 2.59. The molecule has 4 aliphatic rings. The predicted octanol–water partition coefficient (Wildman–Crippen LogP) is 11.5. The van der Waals surface area contributed by atoms with Crippen molar-refractivity contribution in [3.63, 3.8) is 0 Å². The Balaban J connectivity index is 1.73. The van der Waals surface area contributed by atoms with Gasteiger partial charge in [0, 0.05) is 16.5 Å². The minimum atomic E-state index is -0.743. The molecular formula is C53H57N3. The molecule has 3 aromatic carbocycles. The first-order valence-electron chi connectivity index (χ1n) is 20.5. The summed E-state index contributed by atoms with van der Waals surface area (Å²) in [6, 6.07) is 46.7. The molecule has 0 amide bonds. The van der Waals surface area contributed by atoms with Crippen LogP contribution in [0.2, 0.25) is 0 Å². The van der Waals surface area contributed by atoms with E-state index >= 15 is 0 Å². The topological polar surface area (TPSA) is 29.7 Å². The molecule has 56 heavy (non-hydrogen) atoms.